The fourth-order valence-electron chi connectivity index (χ4n) is 3.62. The summed E-state index contributed by atoms with van der Waals surface area (Å²) in [6.07, 6.45) is 5.80. The van der Waals surface area contributed by atoms with Gasteiger partial charge in [-0.05, 0) is 32.0 Å². The Kier molecular flexibility index (Phi) is 4.25. The lowest BCUT2D eigenvalue weighted by atomic mass is 9.78. The molecule has 0 radical (unpaired) electrons. The summed E-state index contributed by atoms with van der Waals surface area (Å²) in [5.41, 5.74) is 0.573. The Morgan fingerprint density at radius 2 is 2.05 bits per heavy atom. The van der Waals surface area contributed by atoms with Gasteiger partial charge in [0.15, 0.2) is 5.58 Å². The highest BCUT2D eigenvalue weighted by atomic mass is 35.5. The van der Waals surface area contributed by atoms with Gasteiger partial charge in [-0.2, -0.15) is 0 Å². The summed E-state index contributed by atoms with van der Waals surface area (Å²) in [5, 5.41) is 5.10. The van der Waals surface area contributed by atoms with E-state index in [0.717, 1.165) is 29.6 Å². The fourth-order valence-corrected chi connectivity index (χ4v) is 3.84. The van der Waals surface area contributed by atoms with Crippen molar-refractivity contribution in [2.24, 2.45) is 0 Å². The number of rotatable bonds is 4. The van der Waals surface area contributed by atoms with Crippen LogP contribution < -0.4 is 5.32 Å². The maximum absolute atomic E-state index is 6.23. The van der Waals surface area contributed by atoms with Crippen molar-refractivity contribution < 1.29 is 9.15 Å². The Morgan fingerprint density at radius 1 is 1.29 bits per heavy atom. The first-order valence-electron chi connectivity index (χ1n) is 7.60. The van der Waals surface area contributed by atoms with Crippen molar-refractivity contribution in [3.05, 3.63) is 35.0 Å². The van der Waals surface area contributed by atoms with Crippen molar-refractivity contribution in [1.29, 1.82) is 0 Å². The van der Waals surface area contributed by atoms with Gasteiger partial charge < -0.3 is 14.5 Å². The summed E-state index contributed by atoms with van der Waals surface area (Å²) in [6.45, 7) is 0. The van der Waals surface area contributed by atoms with Crippen LogP contribution in [0.3, 0.4) is 0 Å². The quantitative estimate of drug-likeness (QED) is 0.889. The molecule has 21 heavy (non-hydrogen) atoms. The van der Waals surface area contributed by atoms with Crippen molar-refractivity contribution in [1.82, 2.24) is 5.32 Å². The molecule has 1 aliphatic carbocycles. The standard InChI is InChI=1S/C17H22ClNO2/c1-19-16(17(20-2)9-4-3-5-10-17)14-11-12-7-6-8-13(18)15(12)21-14/h6-8,11,16,19H,3-5,9-10H2,1-2H3. The summed E-state index contributed by atoms with van der Waals surface area (Å²) in [7, 11) is 3.78. The average Bonchev–Trinajstić information content (AvgIpc) is 2.94. The van der Waals surface area contributed by atoms with Gasteiger partial charge in [0, 0.05) is 12.5 Å². The van der Waals surface area contributed by atoms with Crippen LogP contribution in [0.2, 0.25) is 5.02 Å². The molecule has 114 valence electrons. The Hall–Kier alpha value is -1.03. The SMILES string of the molecule is CNC(c1cc2cccc(Cl)c2o1)C1(OC)CCCCC1. The summed E-state index contributed by atoms with van der Waals surface area (Å²) in [6, 6.07) is 7.97. The zero-order chi connectivity index (χ0) is 14.9. The van der Waals surface area contributed by atoms with E-state index in [1.54, 1.807) is 0 Å². The zero-order valence-electron chi connectivity index (χ0n) is 12.6. The highest BCUT2D eigenvalue weighted by Gasteiger charge is 2.42. The number of hydrogen-bond acceptors (Lipinski definition) is 3. The second kappa shape index (κ2) is 5.99. The van der Waals surface area contributed by atoms with E-state index in [4.69, 9.17) is 20.8 Å². The predicted octanol–water partition coefficient (Wildman–Crippen LogP) is 4.70. The minimum absolute atomic E-state index is 0.0475. The number of halogens is 1. The molecule has 4 heteroatoms. The van der Waals surface area contributed by atoms with Crippen molar-refractivity contribution in [2.75, 3.05) is 14.2 Å². The molecule has 0 bridgehead atoms. The third kappa shape index (κ3) is 2.59. The normalized spacial score (nSPS) is 19.8. The number of ether oxygens (including phenoxy) is 1. The van der Waals surface area contributed by atoms with Gasteiger partial charge in [-0.15, -0.1) is 0 Å². The lowest BCUT2D eigenvalue weighted by Gasteiger charge is -2.41. The van der Waals surface area contributed by atoms with Crippen LogP contribution in [0.1, 0.15) is 43.9 Å². The van der Waals surface area contributed by atoms with E-state index in [-0.39, 0.29) is 11.6 Å². The number of nitrogens with one attached hydrogen (secondary N) is 1. The molecule has 1 N–H and O–H groups in total. The van der Waals surface area contributed by atoms with E-state index in [1.807, 2.05) is 32.4 Å². The first-order valence-corrected chi connectivity index (χ1v) is 7.98. The topological polar surface area (TPSA) is 34.4 Å². The summed E-state index contributed by atoms with van der Waals surface area (Å²) in [4.78, 5) is 0. The number of fused-ring (bicyclic) bond motifs is 1. The lowest BCUT2D eigenvalue weighted by Crippen LogP contribution is -2.45. The van der Waals surface area contributed by atoms with Crippen LogP contribution in [-0.4, -0.2) is 19.8 Å². The summed E-state index contributed by atoms with van der Waals surface area (Å²) < 4.78 is 12.0. The van der Waals surface area contributed by atoms with E-state index in [0.29, 0.717) is 5.02 Å². The molecule has 1 atom stereocenters. The first-order chi connectivity index (χ1) is 10.2. The third-order valence-electron chi connectivity index (χ3n) is 4.72. The molecule has 1 aromatic carbocycles. The highest BCUT2D eigenvalue weighted by molar-refractivity contribution is 6.34. The molecule has 1 saturated carbocycles. The van der Waals surface area contributed by atoms with Gasteiger partial charge in [-0.25, -0.2) is 0 Å². The molecular weight excluding hydrogens is 286 g/mol. The lowest BCUT2D eigenvalue weighted by molar-refractivity contribution is -0.0713. The third-order valence-corrected chi connectivity index (χ3v) is 5.02. The maximum Gasteiger partial charge on any atom is 0.152 e. The number of furan rings is 1. The molecular formula is C17H22ClNO2. The van der Waals surface area contributed by atoms with Crippen LogP contribution >= 0.6 is 11.6 Å². The van der Waals surface area contributed by atoms with Gasteiger partial charge in [-0.3, -0.25) is 0 Å². The van der Waals surface area contributed by atoms with Crippen LogP contribution in [0, 0.1) is 0 Å². The molecule has 3 rings (SSSR count). The van der Waals surface area contributed by atoms with Gasteiger partial charge in [0.25, 0.3) is 0 Å². The number of likely N-dealkylation sites (N-methyl/N-ethyl adjacent to an activating group) is 1. The number of para-hydroxylation sites is 1. The second-order valence-electron chi connectivity index (χ2n) is 5.86. The average molecular weight is 308 g/mol. The Bertz CT molecular complexity index is 616. The Morgan fingerprint density at radius 3 is 2.67 bits per heavy atom. The van der Waals surface area contributed by atoms with Crippen LogP contribution in [0.25, 0.3) is 11.0 Å². The van der Waals surface area contributed by atoms with Crippen molar-refractivity contribution >= 4 is 22.6 Å². The van der Waals surface area contributed by atoms with Crippen LogP contribution in [0.4, 0.5) is 0 Å². The highest BCUT2D eigenvalue weighted by Crippen LogP contribution is 2.42. The molecule has 0 aliphatic heterocycles. The van der Waals surface area contributed by atoms with Gasteiger partial charge in [-0.1, -0.05) is 43.0 Å². The second-order valence-corrected chi connectivity index (χ2v) is 6.27. The van der Waals surface area contributed by atoms with Gasteiger partial charge in [0.2, 0.25) is 0 Å². The molecule has 2 aromatic rings. The molecule has 1 fully saturated rings. The molecule has 1 aliphatic rings. The zero-order valence-corrected chi connectivity index (χ0v) is 13.4. The van der Waals surface area contributed by atoms with E-state index in [9.17, 15) is 0 Å². The monoisotopic (exact) mass is 307 g/mol. The van der Waals surface area contributed by atoms with Crippen molar-refractivity contribution in [2.45, 2.75) is 43.7 Å². The first kappa shape index (κ1) is 14.9. The van der Waals surface area contributed by atoms with Gasteiger partial charge >= 0.3 is 0 Å². The van der Waals surface area contributed by atoms with Crippen LogP contribution in [-0.2, 0) is 4.74 Å². The largest absolute Gasteiger partial charge is 0.458 e. The number of hydrogen-bond donors (Lipinski definition) is 1. The minimum Gasteiger partial charge on any atom is -0.458 e. The van der Waals surface area contributed by atoms with Crippen molar-refractivity contribution in [3.8, 4) is 0 Å². The minimum atomic E-state index is -0.187. The number of methoxy groups -OCH3 is 1. The van der Waals surface area contributed by atoms with Gasteiger partial charge in [0.05, 0.1) is 16.7 Å². The molecule has 0 saturated heterocycles. The predicted molar refractivity (Wildman–Crippen MR) is 85.8 cm³/mol. The Labute approximate surface area is 130 Å². The van der Waals surface area contributed by atoms with Crippen LogP contribution in [0.15, 0.2) is 28.7 Å². The van der Waals surface area contributed by atoms with E-state index < -0.39 is 0 Å². The van der Waals surface area contributed by atoms with E-state index >= 15 is 0 Å². The maximum atomic E-state index is 6.23. The summed E-state index contributed by atoms with van der Waals surface area (Å²) >= 11 is 6.23. The number of benzene rings is 1. The van der Waals surface area contributed by atoms with Crippen LogP contribution in [0.5, 0.6) is 0 Å². The van der Waals surface area contributed by atoms with Crippen molar-refractivity contribution in [3.63, 3.8) is 0 Å². The van der Waals surface area contributed by atoms with E-state index in [1.165, 1.54) is 19.3 Å². The molecule has 0 amide bonds. The molecule has 1 heterocycles. The van der Waals surface area contributed by atoms with Gasteiger partial charge in [0.1, 0.15) is 5.76 Å². The molecule has 0 spiro atoms. The molecule has 1 aromatic heterocycles. The fraction of sp³-hybridized carbons (Fsp3) is 0.529. The smallest absolute Gasteiger partial charge is 0.152 e. The van der Waals surface area contributed by atoms with E-state index in [2.05, 4.69) is 11.4 Å². The molecule has 1 unspecified atom stereocenters. The summed E-state index contributed by atoms with van der Waals surface area (Å²) in [5.74, 6) is 0.907. The Balaban J connectivity index is 2.02. The molecule has 3 nitrogen and oxygen atoms in total.